The molecule has 5 heteroatoms. The fourth-order valence-electron chi connectivity index (χ4n) is 3.48. The minimum absolute atomic E-state index is 0. The summed E-state index contributed by atoms with van der Waals surface area (Å²) in [6.45, 7) is 8.29. The van der Waals surface area contributed by atoms with Gasteiger partial charge in [-0.1, -0.05) is 33.1 Å². The second-order valence-corrected chi connectivity index (χ2v) is 7.37. The summed E-state index contributed by atoms with van der Waals surface area (Å²) in [5, 5.41) is 3.24. The smallest absolute Gasteiger partial charge is 0.237 e. The lowest BCUT2D eigenvalue weighted by molar-refractivity contribution is -0.128. The molecule has 2 fully saturated rings. The lowest BCUT2D eigenvalue weighted by Crippen LogP contribution is -2.58. The summed E-state index contributed by atoms with van der Waals surface area (Å²) < 4.78 is 0. The molecule has 1 aliphatic carbocycles. The van der Waals surface area contributed by atoms with Crippen LogP contribution < -0.4 is 11.1 Å². The molecule has 1 saturated heterocycles. The SMILES string of the molecule is CC(C(=O)NC1CCCCC1)N1CCC(N)C(C)(C)C1.Cl. The van der Waals surface area contributed by atoms with Crippen molar-refractivity contribution < 1.29 is 4.79 Å². The molecule has 0 aromatic heterocycles. The van der Waals surface area contributed by atoms with Gasteiger partial charge in [0.1, 0.15) is 0 Å². The molecule has 2 unspecified atom stereocenters. The first-order valence-corrected chi connectivity index (χ1v) is 8.20. The minimum Gasteiger partial charge on any atom is -0.352 e. The number of halogens is 1. The number of nitrogens with one attached hydrogen (secondary N) is 1. The normalized spacial score (nSPS) is 28.5. The third kappa shape index (κ3) is 4.83. The van der Waals surface area contributed by atoms with E-state index in [9.17, 15) is 4.79 Å². The molecule has 0 radical (unpaired) electrons. The highest BCUT2D eigenvalue weighted by atomic mass is 35.5. The summed E-state index contributed by atoms with van der Waals surface area (Å²) in [5.41, 5.74) is 6.27. The Bertz CT molecular complexity index is 342. The van der Waals surface area contributed by atoms with Crippen LogP contribution in [0.5, 0.6) is 0 Å². The second kappa shape index (κ2) is 7.80. The van der Waals surface area contributed by atoms with Crippen molar-refractivity contribution >= 4 is 18.3 Å². The van der Waals surface area contributed by atoms with Gasteiger partial charge in [-0.15, -0.1) is 12.4 Å². The molecule has 1 saturated carbocycles. The average Bonchev–Trinajstić information content (AvgIpc) is 2.42. The zero-order valence-corrected chi connectivity index (χ0v) is 14.5. The fourth-order valence-corrected chi connectivity index (χ4v) is 3.48. The van der Waals surface area contributed by atoms with Crippen LogP contribution in [0.2, 0.25) is 0 Å². The van der Waals surface area contributed by atoms with Crippen molar-refractivity contribution in [2.24, 2.45) is 11.1 Å². The predicted octanol–water partition coefficient (Wildman–Crippen LogP) is 2.30. The largest absolute Gasteiger partial charge is 0.352 e. The molecule has 2 rings (SSSR count). The predicted molar refractivity (Wildman–Crippen MR) is 89.7 cm³/mol. The van der Waals surface area contributed by atoms with Crippen LogP contribution in [0.15, 0.2) is 0 Å². The Morgan fingerprint density at radius 2 is 1.86 bits per heavy atom. The van der Waals surface area contributed by atoms with Gasteiger partial charge >= 0.3 is 0 Å². The topological polar surface area (TPSA) is 58.4 Å². The van der Waals surface area contributed by atoms with Gasteiger partial charge in [0.25, 0.3) is 0 Å². The number of hydrogen-bond donors (Lipinski definition) is 2. The molecule has 21 heavy (non-hydrogen) atoms. The lowest BCUT2D eigenvalue weighted by atomic mass is 9.79. The van der Waals surface area contributed by atoms with E-state index in [1.807, 2.05) is 6.92 Å². The van der Waals surface area contributed by atoms with Crippen LogP contribution in [0, 0.1) is 5.41 Å². The van der Waals surface area contributed by atoms with E-state index in [4.69, 9.17) is 5.73 Å². The first kappa shape index (κ1) is 18.7. The molecule has 1 aliphatic heterocycles. The van der Waals surface area contributed by atoms with E-state index in [0.717, 1.165) is 32.4 Å². The van der Waals surface area contributed by atoms with Crippen molar-refractivity contribution in [3.8, 4) is 0 Å². The molecule has 0 aromatic carbocycles. The molecular weight excluding hydrogens is 286 g/mol. The van der Waals surface area contributed by atoms with Gasteiger partial charge in [-0.25, -0.2) is 0 Å². The van der Waals surface area contributed by atoms with Crippen LogP contribution in [0.3, 0.4) is 0 Å². The number of carbonyl (C=O) groups is 1. The van der Waals surface area contributed by atoms with Gasteiger partial charge in [0.15, 0.2) is 0 Å². The van der Waals surface area contributed by atoms with E-state index in [1.54, 1.807) is 0 Å². The zero-order chi connectivity index (χ0) is 14.8. The number of rotatable bonds is 3. The molecular formula is C16H32ClN3O. The maximum atomic E-state index is 12.4. The van der Waals surface area contributed by atoms with Crippen LogP contribution in [-0.4, -0.2) is 42.0 Å². The number of nitrogens with two attached hydrogens (primary N) is 1. The monoisotopic (exact) mass is 317 g/mol. The van der Waals surface area contributed by atoms with Crippen LogP contribution >= 0.6 is 12.4 Å². The Morgan fingerprint density at radius 3 is 2.43 bits per heavy atom. The van der Waals surface area contributed by atoms with Crippen molar-refractivity contribution in [2.75, 3.05) is 13.1 Å². The molecule has 2 aliphatic rings. The van der Waals surface area contributed by atoms with E-state index < -0.39 is 0 Å². The average molecular weight is 318 g/mol. The number of carbonyl (C=O) groups excluding carboxylic acids is 1. The van der Waals surface area contributed by atoms with Gasteiger partial charge < -0.3 is 11.1 Å². The van der Waals surface area contributed by atoms with Gasteiger partial charge in [0.2, 0.25) is 5.91 Å². The highest BCUT2D eigenvalue weighted by Gasteiger charge is 2.36. The summed E-state index contributed by atoms with van der Waals surface area (Å²) in [6, 6.07) is 0.606. The minimum atomic E-state index is -0.0382. The Labute approximate surface area is 135 Å². The molecule has 0 aromatic rings. The standard InChI is InChI=1S/C16H31N3O.ClH/c1-12(15(20)18-13-7-5-4-6-8-13)19-10-9-14(17)16(2,3)11-19;/h12-14H,4-11,17H2,1-3H3,(H,18,20);1H. The fraction of sp³-hybridized carbons (Fsp3) is 0.938. The van der Waals surface area contributed by atoms with Crippen molar-refractivity contribution in [3.63, 3.8) is 0 Å². The Kier molecular flexibility index (Phi) is 6.95. The van der Waals surface area contributed by atoms with E-state index in [2.05, 4.69) is 24.1 Å². The van der Waals surface area contributed by atoms with Gasteiger partial charge in [-0.05, 0) is 31.6 Å². The second-order valence-electron chi connectivity index (χ2n) is 7.37. The summed E-state index contributed by atoms with van der Waals surface area (Å²) in [4.78, 5) is 14.7. The van der Waals surface area contributed by atoms with Crippen LogP contribution in [0.4, 0.5) is 0 Å². The molecule has 0 spiro atoms. The highest BCUT2D eigenvalue weighted by molar-refractivity contribution is 5.85. The number of nitrogens with zero attached hydrogens (tertiary/aromatic N) is 1. The first-order valence-electron chi connectivity index (χ1n) is 8.20. The van der Waals surface area contributed by atoms with Crippen molar-refractivity contribution in [1.29, 1.82) is 0 Å². The highest BCUT2D eigenvalue weighted by Crippen LogP contribution is 2.29. The van der Waals surface area contributed by atoms with Crippen molar-refractivity contribution in [3.05, 3.63) is 0 Å². The molecule has 2 atom stereocenters. The molecule has 0 bridgehead atoms. The third-order valence-corrected chi connectivity index (χ3v) is 5.22. The van der Waals surface area contributed by atoms with Crippen molar-refractivity contribution in [1.82, 2.24) is 10.2 Å². The van der Waals surface area contributed by atoms with E-state index in [0.29, 0.717) is 6.04 Å². The Hall–Kier alpha value is -0.320. The van der Waals surface area contributed by atoms with Gasteiger partial charge in [-0.3, -0.25) is 9.69 Å². The number of hydrogen-bond acceptors (Lipinski definition) is 3. The van der Waals surface area contributed by atoms with Crippen LogP contribution in [-0.2, 0) is 4.79 Å². The van der Waals surface area contributed by atoms with Gasteiger partial charge in [0, 0.05) is 25.2 Å². The van der Waals surface area contributed by atoms with Crippen LogP contribution in [0.1, 0.15) is 59.3 Å². The number of likely N-dealkylation sites (tertiary alicyclic amines) is 1. The summed E-state index contributed by atoms with van der Waals surface area (Å²) in [5.74, 6) is 0.197. The molecule has 1 amide bonds. The van der Waals surface area contributed by atoms with Gasteiger partial charge in [-0.2, -0.15) is 0 Å². The lowest BCUT2D eigenvalue weighted by Gasteiger charge is -2.44. The molecule has 4 nitrogen and oxygen atoms in total. The molecule has 1 heterocycles. The third-order valence-electron chi connectivity index (χ3n) is 5.22. The maximum Gasteiger partial charge on any atom is 0.237 e. The van der Waals surface area contributed by atoms with Gasteiger partial charge in [0.05, 0.1) is 6.04 Å². The first-order chi connectivity index (χ1) is 9.40. The Balaban J connectivity index is 0.00000220. The summed E-state index contributed by atoms with van der Waals surface area (Å²) >= 11 is 0. The molecule has 3 N–H and O–H groups in total. The number of amides is 1. The number of piperidine rings is 1. The summed E-state index contributed by atoms with van der Waals surface area (Å²) in [7, 11) is 0. The Morgan fingerprint density at radius 1 is 1.24 bits per heavy atom. The molecule has 124 valence electrons. The maximum absolute atomic E-state index is 12.4. The zero-order valence-electron chi connectivity index (χ0n) is 13.7. The van der Waals surface area contributed by atoms with Crippen LogP contribution in [0.25, 0.3) is 0 Å². The quantitative estimate of drug-likeness (QED) is 0.839. The van der Waals surface area contributed by atoms with Crippen molar-refractivity contribution in [2.45, 2.75) is 77.4 Å². The van der Waals surface area contributed by atoms with E-state index in [-0.39, 0.29) is 35.8 Å². The van der Waals surface area contributed by atoms with E-state index in [1.165, 1.54) is 19.3 Å². The summed E-state index contributed by atoms with van der Waals surface area (Å²) in [6.07, 6.45) is 7.10. The van der Waals surface area contributed by atoms with E-state index >= 15 is 0 Å².